The average Bonchev–Trinajstić information content (AvgIpc) is 2.81. The molecule has 0 spiro atoms. The molecule has 0 aromatic heterocycles. The minimum Gasteiger partial charge on any atom is -0.457 e. The number of allylic oxidation sites excluding steroid dienone is 2. The van der Waals surface area contributed by atoms with Gasteiger partial charge in [0.05, 0.1) is 6.04 Å². The molecule has 3 heterocycles. The summed E-state index contributed by atoms with van der Waals surface area (Å²) in [6, 6.07) is 0.640. The van der Waals surface area contributed by atoms with E-state index in [4.69, 9.17) is 9.47 Å². The van der Waals surface area contributed by atoms with Crippen LogP contribution in [0, 0.1) is 0 Å². The van der Waals surface area contributed by atoms with Crippen molar-refractivity contribution in [2.45, 2.75) is 64.1 Å². The molecule has 5 aliphatic rings. The van der Waals surface area contributed by atoms with Crippen molar-refractivity contribution in [1.29, 1.82) is 0 Å². The number of hydrogen-bond donors (Lipinski definition) is 0. The third kappa shape index (κ3) is 5.12. The molecule has 0 aromatic carbocycles. The molecule has 0 aromatic rings. The number of rotatable bonds is 2. The number of piperazine rings is 1. The average molecular weight is 452 g/mol. The van der Waals surface area contributed by atoms with Crippen LogP contribution in [0.25, 0.3) is 0 Å². The fourth-order valence-corrected chi connectivity index (χ4v) is 5.26. The molecule has 1 amide bonds. The molecule has 5 rings (SSSR count). The van der Waals surface area contributed by atoms with Gasteiger partial charge in [-0.25, -0.2) is 4.79 Å². The number of amides is 1. The van der Waals surface area contributed by atoms with Gasteiger partial charge in [0.2, 0.25) is 0 Å². The first-order chi connectivity index (χ1) is 15.9. The molecule has 6 heteroatoms. The molecule has 6 nitrogen and oxygen atoms in total. The highest BCUT2D eigenvalue weighted by Gasteiger charge is 2.31. The summed E-state index contributed by atoms with van der Waals surface area (Å²) in [5.41, 5.74) is 1.91. The SMILES string of the molecule is CC(C)(C)OC(=O)N1CCN(C2C=CC3=CC4=CCC(N5CCCCC5)C=C4OC3=C2)CC1. The molecule has 3 aliphatic heterocycles. The van der Waals surface area contributed by atoms with Crippen molar-refractivity contribution in [3.05, 3.63) is 59.1 Å². The van der Waals surface area contributed by atoms with E-state index in [1.165, 1.54) is 37.9 Å². The second-order valence-electron chi connectivity index (χ2n) is 10.7. The van der Waals surface area contributed by atoms with Crippen molar-refractivity contribution in [3.63, 3.8) is 0 Å². The van der Waals surface area contributed by atoms with Gasteiger partial charge in [0.1, 0.15) is 17.1 Å². The highest BCUT2D eigenvalue weighted by Crippen LogP contribution is 2.36. The van der Waals surface area contributed by atoms with Gasteiger partial charge in [-0.3, -0.25) is 9.80 Å². The number of fused-ring (bicyclic) bond motifs is 2. The highest BCUT2D eigenvalue weighted by atomic mass is 16.6. The summed E-state index contributed by atoms with van der Waals surface area (Å²) in [6.45, 7) is 11.1. The van der Waals surface area contributed by atoms with Gasteiger partial charge in [0.25, 0.3) is 0 Å². The lowest BCUT2D eigenvalue weighted by atomic mass is 9.92. The zero-order valence-corrected chi connectivity index (χ0v) is 20.3. The van der Waals surface area contributed by atoms with Gasteiger partial charge in [-0.05, 0) is 71.4 Å². The number of hydrogen-bond acceptors (Lipinski definition) is 5. The summed E-state index contributed by atoms with van der Waals surface area (Å²) in [7, 11) is 0. The van der Waals surface area contributed by atoms with Crippen molar-refractivity contribution in [2.24, 2.45) is 0 Å². The standard InChI is InChI=1S/C27H37N3O3/c1-27(2,3)33-26(31)30-15-13-29(14-16-30)23-10-8-21-17-20-7-9-22(28-11-5-4-6-12-28)18-24(20)32-25(21)19-23/h7-8,10,17-19,22-23H,4-6,9,11-16H2,1-3H3. The van der Waals surface area contributed by atoms with Crippen LogP contribution in [0.5, 0.6) is 0 Å². The lowest BCUT2D eigenvalue weighted by molar-refractivity contribution is 0.0135. The third-order valence-electron chi connectivity index (χ3n) is 7.07. The summed E-state index contributed by atoms with van der Waals surface area (Å²) in [4.78, 5) is 19.2. The van der Waals surface area contributed by atoms with E-state index in [-0.39, 0.29) is 12.1 Å². The predicted octanol–water partition coefficient (Wildman–Crippen LogP) is 4.39. The maximum Gasteiger partial charge on any atom is 0.410 e. The topological polar surface area (TPSA) is 45.2 Å². The number of ether oxygens (including phenoxy) is 2. The van der Waals surface area contributed by atoms with Crippen LogP contribution in [-0.4, -0.2) is 77.7 Å². The summed E-state index contributed by atoms with van der Waals surface area (Å²) < 4.78 is 12.0. The Labute approximate surface area is 197 Å². The fraction of sp³-hybridized carbons (Fsp3) is 0.593. The second-order valence-corrected chi connectivity index (χ2v) is 10.7. The highest BCUT2D eigenvalue weighted by molar-refractivity contribution is 5.68. The number of carbonyl (C=O) groups is 1. The molecule has 178 valence electrons. The van der Waals surface area contributed by atoms with E-state index in [0.29, 0.717) is 19.1 Å². The zero-order valence-electron chi connectivity index (χ0n) is 20.3. The van der Waals surface area contributed by atoms with E-state index in [1.807, 2.05) is 25.7 Å². The lowest BCUT2D eigenvalue weighted by Crippen LogP contribution is -2.52. The molecule has 0 radical (unpaired) electrons. The summed E-state index contributed by atoms with van der Waals surface area (Å²) in [5.74, 6) is 1.97. The fourth-order valence-electron chi connectivity index (χ4n) is 5.26. The van der Waals surface area contributed by atoms with Crippen molar-refractivity contribution >= 4 is 6.09 Å². The number of carbonyl (C=O) groups excluding carboxylic acids is 1. The first-order valence-electron chi connectivity index (χ1n) is 12.5. The molecule has 0 bridgehead atoms. The zero-order chi connectivity index (χ0) is 23.0. The van der Waals surface area contributed by atoms with Crippen molar-refractivity contribution in [3.8, 4) is 0 Å². The Balaban J connectivity index is 1.23. The maximum absolute atomic E-state index is 12.4. The Kier molecular flexibility index (Phi) is 6.23. The largest absolute Gasteiger partial charge is 0.457 e. The monoisotopic (exact) mass is 451 g/mol. The quantitative estimate of drug-likeness (QED) is 0.623. The third-order valence-corrected chi connectivity index (χ3v) is 7.07. The van der Waals surface area contributed by atoms with Gasteiger partial charge >= 0.3 is 6.09 Å². The Morgan fingerprint density at radius 2 is 1.67 bits per heavy atom. The maximum atomic E-state index is 12.4. The molecule has 2 unspecified atom stereocenters. The van der Waals surface area contributed by atoms with Gasteiger partial charge < -0.3 is 14.4 Å². The normalized spacial score (nSPS) is 28.5. The summed E-state index contributed by atoms with van der Waals surface area (Å²) in [5, 5.41) is 0. The van der Waals surface area contributed by atoms with Crippen LogP contribution in [0.2, 0.25) is 0 Å². The smallest absolute Gasteiger partial charge is 0.410 e. The van der Waals surface area contributed by atoms with E-state index in [9.17, 15) is 4.79 Å². The van der Waals surface area contributed by atoms with E-state index < -0.39 is 5.60 Å². The Morgan fingerprint density at radius 1 is 0.939 bits per heavy atom. The molecule has 2 saturated heterocycles. The first kappa shape index (κ1) is 22.5. The number of nitrogens with zero attached hydrogens (tertiary/aromatic N) is 3. The first-order valence-corrected chi connectivity index (χ1v) is 12.5. The lowest BCUT2D eigenvalue weighted by Gasteiger charge is -2.39. The van der Waals surface area contributed by atoms with Crippen LogP contribution < -0.4 is 0 Å². The second kappa shape index (κ2) is 9.15. The van der Waals surface area contributed by atoms with Crippen LogP contribution in [0.15, 0.2) is 59.1 Å². The molecular formula is C27H37N3O3. The molecule has 0 saturated carbocycles. The molecule has 33 heavy (non-hydrogen) atoms. The minimum atomic E-state index is -0.458. The van der Waals surface area contributed by atoms with E-state index in [1.54, 1.807) is 0 Å². The van der Waals surface area contributed by atoms with Crippen molar-refractivity contribution < 1.29 is 14.3 Å². The van der Waals surface area contributed by atoms with E-state index in [0.717, 1.165) is 36.6 Å². The van der Waals surface area contributed by atoms with E-state index in [2.05, 4.69) is 46.3 Å². The van der Waals surface area contributed by atoms with Crippen molar-refractivity contribution in [2.75, 3.05) is 39.3 Å². The van der Waals surface area contributed by atoms with Gasteiger partial charge in [-0.1, -0.05) is 24.6 Å². The van der Waals surface area contributed by atoms with Gasteiger partial charge in [-0.2, -0.15) is 0 Å². The number of piperidine rings is 1. The molecule has 2 fully saturated rings. The van der Waals surface area contributed by atoms with E-state index >= 15 is 0 Å². The molecule has 2 aliphatic carbocycles. The van der Waals surface area contributed by atoms with Crippen LogP contribution in [0.4, 0.5) is 4.79 Å². The van der Waals surface area contributed by atoms with Gasteiger partial charge in [0.15, 0.2) is 0 Å². The Morgan fingerprint density at radius 3 is 2.39 bits per heavy atom. The molecule has 2 atom stereocenters. The molecular weight excluding hydrogens is 414 g/mol. The van der Waals surface area contributed by atoms with Gasteiger partial charge in [0, 0.05) is 43.4 Å². The van der Waals surface area contributed by atoms with Crippen LogP contribution in [0.3, 0.4) is 0 Å². The number of likely N-dealkylation sites (tertiary alicyclic amines) is 1. The Hall–Kier alpha value is -2.31. The predicted molar refractivity (Wildman–Crippen MR) is 130 cm³/mol. The van der Waals surface area contributed by atoms with Crippen LogP contribution >= 0.6 is 0 Å². The van der Waals surface area contributed by atoms with Crippen LogP contribution in [0.1, 0.15) is 46.5 Å². The Bertz CT molecular complexity index is 923. The summed E-state index contributed by atoms with van der Waals surface area (Å²) in [6.07, 6.45) is 18.4. The van der Waals surface area contributed by atoms with Crippen molar-refractivity contribution in [1.82, 2.24) is 14.7 Å². The van der Waals surface area contributed by atoms with Gasteiger partial charge in [-0.15, -0.1) is 0 Å². The summed E-state index contributed by atoms with van der Waals surface area (Å²) >= 11 is 0. The minimum absolute atomic E-state index is 0.186. The van der Waals surface area contributed by atoms with Crippen LogP contribution in [-0.2, 0) is 9.47 Å². The molecule has 0 N–H and O–H groups in total.